The normalized spacial score (nSPS) is 17.6. The van der Waals surface area contributed by atoms with Gasteiger partial charge in [-0.05, 0) is 29.8 Å². The molecule has 5 nitrogen and oxygen atoms in total. The van der Waals surface area contributed by atoms with Gasteiger partial charge in [0.1, 0.15) is 11.9 Å². The third kappa shape index (κ3) is 4.01. The molecule has 7 heteroatoms. The van der Waals surface area contributed by atoms with E-state index in [9.17, 15) is 9.18 Å². The van der Waals surface area contributed by atoms with E-state index in [0.717, 1.165) is 11.3 Å². The van der Waals surface area contributed by atoms with Crippen LogP contribution in [0.1, 0.15) is 17.4 Å². The lowest BCUT2D eigenvalue weighted by atomic mass is 10.1. The summed E-state index contributed by atoms with van der Waals surface area (Å²) in [6.07, 6.45) is 1.36. The summed E-state index contributed by atoms with van der Waals surface area (Å²) in [4.78, 5) is 18.2. The van der Waals surface area contributed by atoms with Gasteiger partial charge in [-0.2, -0.15) is 0 Å². The molecule has 2 heterocycles. The van der Waals surface area contributed by atoms with Crippen LogP contribution in [0.25, 0.3) is 0 Å². The third-order valence-corrected chi connectivity index (χ3v) is 4.11. The van der Waals surface area contributed by atoms with E-state index in [1.54, 1.807) is 17.2 Å². The van der Waals surface area contributed by atoms with Gasteiger partial charge < -0.3 is 15.0 Å². The smallest absolute Gasteiger partial charge is 0.317 e. The molecule has 1 unspecified atom stereocenters. The topological polar surface area (TPSA) is 54.5 Å². The van der Waals surface area contributed by atoms with Gasteiger partial charge in [0.05, 0.1) is 30.4 Å². The molecule has 24 heavy (non-hydrogen) atoms. The number of carbonyl (C=O) groups is 1. The number of morpholine rings is 1. The fourth-order valence-corrected chi connectivity index (χ4v) is 2.72. The molecule has 1 atom stereocenters. The molecular formula is C17H17ClFN3O2. The summed E-state index contributed by atoms with van der Waals surface area (Å²) in [6.45, 7) is 1.66. The summed E-state index contributed by atoms with van der Waals surface area (Å²) in [6, 6.07) is 9.84. The second-order valence-corrected chi connectivity index (χ2v) is 5.87. The molecule has 2 aromatic rings. The van der Waals surface area contributed by atoms with Gasteiger partial charge in [-0.25, -0.2) is 9.18 Å². The molecule has 1 N–H and O–H groups in total. The van der Waals surface area contributed by atoms with Crippen molar-refractivity contribution in [2.75, 3.05) is 19.7 Å². The summed E-state index contributed by atoms with van der Waals surface area (Å²) in [5.74, 6) is -0.471. The number of hydrogen-bond acceptors (Lipinski definition) is 3. The van der Waals surface area contributed by atoms with E-state index >= 15 is 0 Å². The Morgan fingerprint density at radius 1 is 1.42 bits per heavy atom. The number of benzene rings is 1. The van der Waals surface area contributed by atoms with Crippen molar-refractivity contribution < 1.29 is 13.9 Å². The quantitative estimate of drug-likeness (QED) is 0.926. The van der Waals surface area contributed by atoms with Crippen LogP contribution in [-0.4, -0.2) is 35.6 Å². The monoisotopic (exact) mass is 349 g/mol. The van der Waals surface area contributed by atoms with E-state index in [-0.39, 0.29) is 17.2 Å². The minimum absolute atomic E-state index is 0.0489. The fraction of sp³-hybridized carbons (Fsp3) is 0.294. The van der Waals surface area contributed by atoms with E-state index in [2.05, 4.69) is 10.3 Å². The molecule has 1 aromatic heterocycles. The Morgan fingerprint density at radius 3 is 3.04 bits per heavy atom. The zero-order valence-electron chi connectivity index (χ0n) is 12.9. The lowest BCUT2D eigenvalue weighted by molar-refractivity contribution is -0.0155. The highest BCUT2D eigenvalue weighted by molar-refractivity contribution is 6.30. The van der Waals surface area contributed by atoms with Crippen molar-refractivity contribution in [1.29, 1.82) is 0 Å². The first-order chi connectivity index (χ1) is 11.6. The maximum Gasteiger partial charge on any atom is 0.317 e. The zero-order chi connectivity index (χ0) is 16.9. The van der Waals surface area contributed by atoms with Crippen LogP contribution in [0.5, 0.6) is 0 Å². The SMILES string of the molecule is O=C(NCc1ccccn1)N1CCOC(c2ccc(F)c(Cl)c2)C1. The molecule has 1 fully saturated rings. The predicted molar refractivity (Wildman–Crippen MR) is 88.1 cm³/mol. The van der Waals surface area contributed by atoms with Gasteiger partial charge in [0.2, 0.25) is 0 Å². The number of nitrogens with zero attached hydrogens (tertiary/aromatic N) is 2. The average Bonchev–Trinajstić information content (AvgIpc) is 2.63. The molecule has 126 valence electrons. The van der Waals surface area contributed by atoms with E-state index in [4.69, 9.17) is 16.3 Å². The molecule has 3 rings (SSSR count). The van der Waals surface area contributed by atoms with Crippen molar-refractivity contribution in [3.05, 3.63) is 64.7 Å². The van der Waals surface area contributed by atoms with Gasteiger partial charge in [0.25, 0.3) is 0 Å². The number of rotatable bonds is 3. The first-order valence-corrected chi connectivity index (χ1v) is 8.00. The average molecular weight is 350 g/mol. The first kappa shape index (κ1) is 16.7. The number of aromatic nitrogens is 1. The number of amides is 2. The first-order valence-electron chi connectivity index (χ1n) is 7.63. The lowest BCUT2D eigenvalue weighted by Gasteiger charge is -2.33. The molecule has 1 aromatic carbocycles. The zero-order valence-corrected chi connectivity index (χ0v) is 13.7. The predicted octanol–water partition coefficient (Wildman–Crippen LogP) is 3.16. The highest BCUT2D eigenvalue weighted by atomic mass is 35.5. The van der Waals surface area contributed by atoms with Gasteiger partial charge in [-0.3, -0.25) is 4.98 Å². The van der Waals surface area contributed by atoms with Crippen LogP contribution in [0, 0.1) is 5.82 Å². The third-order valence-electron chi connectivity index (χ3n) is 3.82. The van der Waals surface area contributed by atoms with Crippen LogP contribution in [-0.2, 0) is 11.3 Å². The van der Waals surface area contributed by atoms with Crippen LogP contribution >= 0.6 is 11.6 Å². The maximum absolute atomic E-state index is 13.3. The Morgan fingerprint density at radius 2 is 2.29 bits per heavy atom. The Balaban J connectivity index is 1.60. The number of pyridine rings is 1. The number of urea groups is 1. The Labute approximate surface area is 144 Å². The molecule has 1 aliphatic rings. The molecule has 0 spiro atoms. The van der Waals surface area contributed by atoms with Crippen molar-refractivity contribution in [1.82, 2.24) is 15.2 Å². The van der Waals surface area contributed by atoms with Crippen molar-refractivity contribution in [2.24, 2.45) is 0 Å². The van der Waals surface area contributed by atoms with Crippen molar-refractivity contribution >= 4 is 17.6 Å². The number of halogens is 2. The number of nitrogens with one attached hydrogen (secondary N) is 1. The molecule has 0 saturated carbocycles. The van der Waals surface area contributed by atoms with E-state index < -0.39 is 5.82 Å². The van der Waals surface area contributed by atoms with E-state index in [1.807, 2.05) is 18.2 Å². The minimum atomic E-state index is -0.471. The van der Waals surface area contributed by atoms with Gasteiger partial charge in [0, 0.05) is 12.7 Å². The van der Waals surface area contributed by atoms with Crippen LogP contribution in [0.15, 0.2) is 42.6 Å². The number of carbonyl (C=O) groups excluding carboxylic acids is 1. The van der Waals surface area contributed by atoms with Crippen LogP contribution in [0.2, 0.25) is 5.02 Å². The lowest BCUT2D eigenvalue weighted by Crippen LogP contribution is -2.47. The molecule has 2 amide bonds. The second-order valence-electron chi connectivity index (χ2n) is 5.46. The number of hydrogen-bond donors (Lipinski definition) is 1. The largest absolute Gasteiger partial charge is 0.370 e. The van der Waals surface area contributed by atoms with E-state index in [0.29, 0.717) is 26.2 Å². The van der Waals surface area contributed by atoms with Crippen molar-refractivity contribution in [3.8, 4) is 0 Å². The summed E-state index contributed by atoms with van der Waals surface area (Å²) in [5.41, 5.74) is 1.55. The van der Waals surface area contributed by atoms with Gasteiger partial charge in [-0.1, -0.05) is 23.7 Å². The highest BCUT2D eigenvalue weighted by Gasteiger charge is 2.25. The summed E-state index contributed by atoms with van der Waals surface area (Å²) in [7, 11) is 0. The Bertz CT molecular complexity index is 714. The van der Waals surface area contributed by atoms with Crippen LogP contribution in [0.4, 0.5) is 9.18 Å². The van der Waals surface area contributed by atoms with E-state index in [1.165, 1.54) is 12.1 Å². The summed E-state index contributed by atoms with van der Waals surface area (Å²) >= 11 is 5.82. The van der Waals surface area contributed by atoms with Gasteiger partial charge in [0.15, 0.2) is 0 Å². The molecule has 0 bridgehead atoms. The van der Waals surface area contributed by atoms with Gasteiger partial charge in [-0.15, -0.1) is 0 Å². The summed E-state index contributed by atoms with van der Waals surface area (Å²) in [5, 5.41) is 2.89. The molecule has 1 saturated heterocycles. The number of ether oxygens (including phenoxy) is 1. The van der Waals surface area contributed by atoms with Crippen molar-refractivity contribution in [2.45, 2.75) is 12.6 Å². The van der Waals surface area contributed by atoms with Crippen molar-refractivity contribution in [3.63, 3.8) is 0 Å². The van der Waals surface area contributed by atoms with Gasteiger partial charge >= 0.3 is 6.03 Å². The Kier molecular flexibility index (Phi) is 5.27. The highest BCUT2D eigenvalue weighted by Crippen LogP contribution is 2.26. The molecular weight excluding hydrogens is 333 g/mol. The molecule has 1 aliphatic heterocycles. The van der Waals surface area contributed by atoms with Crippen LogP contribution in [0.3, 0.4) is 0 Å². The Hall–Kier alpha value is -2.18. The van der Waals surface area contributed by atoms with Crippen LogP contribution < -0.4 is 5.32 Å². The summed E-state index contributed by atoms with van der Waals surface area (Å²) < 4.78 is 19.0. The second kappa shape index (κ2) is 7.59. The molecule has 0 radical (unpaired) electrons. The minimum Gasteiger partial charge on any atom is -0.370 e. The molecule has 0 aliphatic carbocycles. The maximum atomic E-state index is 13.3. The standard InChI is InChI=1S/C17H17ClFN3O2/c18-14-9-12(4-5-15(14)19)16-11-22(7-8-24-16)17(23)21-10-13-3-1-2-6-20-13/h1-6,9,16H,7-8,10-11H2,(H,21,23). The fourth-order valence-electron chi connectivity index (χ4n) is 2.53.